The Morgan fingerprint density at radius 3 is 2.06 bits per heavy atom. The van der Waals surface area contributed by atoms with Gasteiger partial charge in [-0.05, 0) is 54.6 Å². The van der Waals surface area contributed by atoms with Crippen molar-refractivity contribution in [2.24, 2.45) is 0 Å². The lowest BCUT2D eigenvalue weighted by Gasteiger charge is -2.11. The third-order valence-electron chi connectivity index (χ3n) is 4.23. The van der Waals surface area contributed by atoms with E-state index >= 15 is 0 Å². The van der Waals surface area contributed by atoms with Crippen molar-refractivity contribution < 1.29 is 9.53 Å². The number of aromatic nitrogens is 2. The summed E-state index contributed by atoms with van der Waals surface area (Å²) in [6.45, 7) is 1.48. The molecule has 0 radical (unpaired) electrons. The van der Waals surface area contributed by atoms with E-state index < -0.39 is 0 Å². The van der Waals surface area contributed by atoms with Crippen LogP contribution in [-0.2, 0) is 4.79 Å². The molecule has 0 saturated heterocycles. The van der Waals surface area contributed by atoms with Crippen LogP contribution >= 0.6 is 0 Å². The summed E-state index contributed by atoms with van der Waals surface area (Å²) in [5, 5.41) is 9.23. The molecular formula is C24H21N5O2. The molecule has 0 saturated carbocycles. The molecule has 1 heterocycles. The molecule has 0 bridgehead atoms. The van der Waals surface area contributed by atoms with Gasteiger partial charge < -0.3 is 20.7 Å². The van der Waals surface area contributed by atoms with Crippen molar-refractivity contribution in [1.82, 2.24) is 9.97 Å². The van der Waals surface area contributed by atoms with E-state index in [1.54, 1.807) is 6.07 Å². The molecule has 7 nitrogen and oxygen atoms in total. The predicted molar refractivity (Wildman–Crippen MR) is 122 cm³/mol. The quantitative estimate of drug-likeness (QED) is 0.361. The number of anilines is 5. The average Bonchev–Trinajstić information content (AvgIpc) is 2.76. The zero-order chi connectivity index (χ0) is 21.5. The maximum Gasteiger partial charge on any atom is 0.221 e. The van der Waals surface area contributed by atoms with Gasteiger partial charge in [0.1, 0.15) is 29.5 Å². The molecule has 1 amide bonds. The lowest BCUT2D eigenvalue weighted by atomic mass is 10.2. The zero-order valence-corrected chi connectivity index (χ0v) is 16.9. The van der Waals surface area contributed by atoms with Crippen LogP contribution in [0.1, 0.15) is 6.92 Å². The Hall–Kier alpha value is -4.39. The minimum absolute atomic E-state index is 0.120. The van der Waals surface area contributed by atoms with Crippen LogP contribution in [0.15, 0.2) is 91.3 Å². The van der Waals surface area contributed by atoms with E-state index in [4.69, 9.17) is 4.74 Å². The van der Waals surface area contributed by atoms with Crippen molar-refractivity contribution in [2.75, 3.05) is 16.0 Å². The Labute approximate surface area is 180 Å². The third-order valence-corrected chi connectivity index (χ3v) is 4.23. The predicted octanol–water partition coefficient (Wildman–Crippen LogP) is 5.71. The van der Waals surface area contributed by atoms with Crippen molar-refractivity contribution >= 4 is 34.6 Å². The summed E-state index contributed by atoms with van der Waals surface area (Å²) < 4.78 is 5.81. The number of carbonyl (C=O) groups excluding carboxylic acids is 1. The topological polar surface area (TPSA) is 88.2 Å². The molecule has 7 heteroatoms. The van der Waals surface area contributed by atoms with E-state index in [2.05, 4.69) is 25.9 Å². The number of nitrogens with zero attached hydrogens (tertiary/aromatic N) is 2. The molecule has 3 N–H and O–H groups in total. The number of ether oxygens (including phenoxy) is 1. The summed E-state index contributed by atoms with van der Waals surface area (Å²) in [7, 11) is 0. The largest absolute Gasteiger partial charge is 0.457 e. The van der Waals surface area contributed by atoms with Crippen molar-refractivity contribution in [2.45, 2.75) is 6.92 Å². The number of amides is 1. The van der Waals surface area contributed by atoms with Crippen LogP contribution < -0.4 is 20.7 Å². The van der Waals surface area contributed by atoms with Crippen LogP contribution in [0.2, 0.25) is 0 Å². The van der Waals surface area contributed by atoms with E-state index in [0.29, 0.717) is 17.3 Å². The van der Waals surface area contributed by atoms with Crippen LogP contribution in [0.25, 0.3) is 0 Å². The number of carbonyl (C=O) groups is 1. The highest BCUT2D eigenvalue weighted by Gasteiger charge is 2.03. The second-order valence-electron chi connectivity index (χ2n) is 6.74. The Morgan fingerprint density at radius 2 is 1.35 bits per heavy atom. The monoisotopic (exact) mass is 411 g/mol. The molecule has 31 heavy (non-hydrogen) atoms. The van der Waals surface area contributed by atoms with Gasteiger partial charge in [-0.3, -0.25) is 4.79 Å². The number of rotatable bonds is 7. The molecular weight excluding hydrogens is 390 g/mol. The molecule has 0 aliphatic carbocycles. The van der Waals surface area contributed by atoms with E-state index in [1.807, 2.05) is 78.9 Å². The summed E-state index contributed by atoms with van der Waals surface area (Å²) >= 11 is 0. The fourth-order valence-corrected chi connectivity index (χ4v) is 2.90. The molecule has 0 atom stereocenters. The van der Waals surface area contributed by atoms with Crippen LogP contribution in [0.5, 0.6) is 11.5 Å². The second-order valence-corrected chi connectivity index (χ2v) is 6.74. The maximum absolute atomic E-state index is 11.2. The molecule has 4 rings (SSSR count). The summed E-state index contributed by atoms with van der Waals surface area (Å²) in [4.78, 5) is 19.8. The van der Waals surface area contributed by atoms with E-state index in [9.17, 15) is 4.79 Å². The maximum atomic E-state index is 11.2. The van der Waals surface area contributed by atoms with Crippen LogP contribution in [0, 0.1) is 0 Å². The summed E-state index contributed by atoms with van der Waals surface area (Å²) in [5.74, 6) is 2.69. The van der Waals surface area contributed by atoms with E-state index in [1.165, 1.54) is 13.3 Å². The highest BCUT2D eigenvalue weighted by molar-refractivity contribution is 5.89. The first kappa shape index (κ1) is 19.9. The van der Waals surface area contributed by atoms with Gasteiger partial charge in [-0.1, -0.05) is 24.3 Å². The molecule has 0 unspecified atom stereocenters. The van der Waals surface area contributed by atoms with Gasteiger partial charge in [0.15, 0.2) is 0 Å². The van der Waals surface area contributed by atoms with Crippen molar-refractivity contribution in [3.05, 3.63) is 91.3 Å². The number of hydrogen-bond acceptors (Lipinski definition) is 6. The fraction of sp³-hybridized carbons (Fsp3) is 0.0417. The molecule has 0 spiro atoms. The standard InChI is InChI=1S/C24H21N5O2/c1-17(30)27-19-6-5-7-20(14-19)29-24-15-23(25-16-26-24)28-18-10-12-22(13-11-18)31-21-8-3-2-4-9-21/h2-16H,1H3,(H,27,30)(H2,25,26,28,29). The number of para-hydroxylation sites is 1. The first-order chi connectivity index (χ1) is 15.1. The molecule has 154 valence electrons. The lowest BCUT2D eigenvalue weighted by Crippen LogP contribution is -2.06. The molecule has 0 aliphatic rings. The number of hydrogen-bond donors (Lipinski definition) is 3. The molecule has 1 aromatic heterocycles. The Balaban J connectivity index is 1.41. The minimum atomic E-state index is -0.120. The van der Waals surface area contributed by atoms with Gasteiger partial charge in [0.2, 0.25) is 5.91 Å². The van der Waals surface area contributed by atoms with E-state index in [0.717, 1.165) is 22.9 Å². The first-order valence-corrected chi connectivity index (χ1v) is 9.71. The lowest BCUT2D eigenvalue weighted by molar-refractivity contribution is -0.114. The zero-order valence-electron chi connectivity index (χ0n) is 16.9. The smallest absolute Gasteiger partial charge is 0.221 e. The van der Waals surface area contributed by atoms with Gasteiger partial charge in [0.25, 0.3) is 0 Å². The third kappa shape index (κ3) is 5.80. The Morgan fingerprint density at radius 1 is 0.710 bits per heavy atom. The SMILES string of the molecule is CC(=O)Nc1cccc(Nc2cc(Nc3ccc(Oc4ccccc4)cc3)ncn2)c1. The number of benzene rings is 3. The van der Waals surface area contributed by atoms with Gasteiger partial charge in [-0.2, -0.15) is 0 Å². The van der Waals surface area contributed by atoms with Crippen molar-refractivity contribution in [1.29, 1.82) is 0 Å². The van der Waals surface area contributed by atoms with Crippen molar-refractivity contribution in [3.8, 4) is 11.5 Å². The fourth-order valence-electron chi connectivity index (χ4n) is 2.90. The molecule has 3 aromatic carbocycles. The van der Waals surface area contributed by atoms with Gasteiger partial charge >= 0.3 is 0 Å². The summed E-state index contributed by atoms with van der Waals surface area (Å²) in [6, 6.07) is 26.5. The second kappa shape index (κ2) is 9.41. The molecule has 4 aromatic rings. The molecule has 0 fully saturated rings. The van der Waals surface area contributed by atoms with Crippen LogP contribution in [-0.4, -0.2) is 15.9 Å². The van der Waals surface area contributed by atoms with Gasteiger partial charge in [-0.25, -0.2) is 9.97 Å². The Kier molecular flexibility index (Phi) is 6.04. The normalized spacial score (nSPS) is 10.2. The number of nitrogens with one attached hydrogen (secondary N) is 3. The van der Waals surface area contributed by atoms with Gasteiger partial charge in [0.05, 0.1) is 0 Å². The minimum Gasteiger partial charge on any atom is -0.457 e. The summed E-state index contributed by atoms with van der Waals surface area (Å²) in [6.07, 6.45) is 1.48. The summed E-state index contributed by atoms with van der Waals surface area (Å²) in [5.41, 5.74) is 2.39. The first-order valence-electron chi connectivity index (χ1n) is 9.71. The van der Waals surface area contributed by atoms with Crippen LogP contribution in [0.3, 0.4) is 0 Å². The average molecular weight is 411 g/mol. The van der Waals surface area contributed by atoms with Gasteiger partial charge in [0, 0.05) is 30.1 Å². The van der Waals surface area contributed by atoms with Crippen LogP contribution in [0.4, 0.5) is 28.7 Å². The van der Waals surface area contributed by atoms with Crippen molar-refractivity contribution in [3.63, 3.8) is 0 Å². The van der Waals surface area contributed by atoms with Gasteiger partial charge in [-0.15, -0.1) is 0 Å². The van der Waals surface area contributed by atoms with E-state index in [-0.39, 0.29) is 5.91 Å². The highest BCUT2D eigenvalue weighted by Crippen LogP contribution is 2.25. The Bertz CT molecular complexity index is 1160. The molecule has 0 aliphatic heterocycles. The highest BCUT2D eigenvalue weighted by atomic mass is 16.5.